The monoisotopic (exact) mass is 383 g/mol. The lowest BCUT2D eigenvalue weighted by molar-refractivity contribution is 0.791. The molecule has 0 unspecified atom stereocenters. The molecule has 0 radical (unpaired) electrons. The molecule has 0 saturated carbocycles. The summed E-state index contributed by atoms with van der Waals surface area (Å²) in [6.45, 7) is 0. The van der Waals surface area contributed by atoms with Gasteiger partial charge in [-0.2, -0.15) is 4.68 Å². The number of rotatable bonds is 2. The number of nitrogen functional groups attached to an aromatic ring is 1. The van der Waals surface area contributed by atoms with Crippen molar-refractivity contribution in [3.63, 3.8) is 0 Å². The first-order chi connectivity index (χ1) is 10.1. The molecule has 5 nitrogen and oxygen atoms in total. The molecule has 0 saturated heterocycles. The van der Waals surface area contributed by atoms with Gasteiger partial charge in [0.05, 0.1) is 15.7 Å². The Kier molecular flexibility index (Phi) is 3.84. The molecule has 0 aliphatic rings. The number of hydrogen-bond donors (Lipinski definition) is 1. The van der Waals surface area contributed by atoms with Crippen LogP contribution in [-0.2, 0) is 0 Å². The molecule has 106 valence electrons. The van der Waals surface area contributed by atoms with Crippen LogP contribution in [-0.4, -0.2) is 20.2 Å². The molecule has 0 atom stereocenters. The summed E-state index contributed by atoms with van der Waals surface area (Å²) in [5.74, 6) is 0.490. The van der Waals surface area contributed by atoms with Crippen LogP contribution in [0, 0.1) is 0 Å². The van der Waals surface area contributed by atoms with Gasteiger partial charge in [0.2, 0.25) is 0 Å². The van der Waals surface area contributed by atoms with Crippen LogP contribution in [0.25, 0.3) is 17.1 Å². The summed E-state index contributed by atoms with van der Waals surface area (Å²) in [6.07, 6.45) is 0. The van der Waals surface area contributed by atoms with Crippen LogP contribution in [0.4, 0.5) is 5.69 Å². The van der Waals surface area contributed by atoms with Gasteiger partial charge < -0.3 is 5.73 Å². The van der Waals surface area contributed by atoms with Gasteiger partial charge in [-0.15, -0.1) is 5.10 Å². The van der Waals surface area contributed by atoms with Crippen molar-refractivity contribution in [2.24, 2.45) is 0 Å². The summed E-state index contributed by atoms with van der Waals surface area (Å²) in [6, 6.07) is 10.6. The van der Waals surface area contributed by atoms with Crippen LogP contribution >= 0.6 is 39.1 Å². The first-order valence-corrected chi connectivity index (χ1v) is 7.40. The van der Waals surface area contributed by atoms with Crippen molar-refractivity contribution in [3.05, 3.63) is 50.9 Å². The van der Waals surface area contributed by atoms with Crippen molar-refractivity contribution >= 4 is 44.8 Å². The van der Waals surface area contributed by atoms with Crippen LogP contribution in [0.1, 0.15) is 0 Å². The Hall–Kier alpha value is -1.63. The van der Waals surface area contributed by atoms with Crippen LogP contribution in [0.15, 0.2) is 40.9 Å². The molecule has 0 aliphatic heterocycles. The lowest BCUT2D eigenvalue weighted by Gasteiger charge is -2.08. The molecule has 3 aromatic rings. The topological polar surface area (TPSA) is 69.6 Å². The van der Waals surface area contributed by atoms with E-state index in [4.69, 9.17) is 28.9 Å². The zero-order chi connectivity index (χ0) is 15.0. The van der Waals surface area contributed by atoms with Gasteiger partial charge in [-0.05, 0) is 46.8 Å². The summed E-state index contributed by atoms with van der Waals surface area (Å²) in [5.41, 5.74) is 7.61. The van der Waals surface area contributed by atoms with Crippen molar-refractivity contribution in [1.82, 2.24) is 20.2 Å². The van der Waals surface area contributed by atoms with E-state index >= 15 is 0 Å². The van der Waals surface area contributed by atoms with Gasteiger partial charge in [0.1, 0.15) is 0 Å². The maximum Gasteiger partial charge on any atom is 0.188 e. The molecule has 2 N–H and O–H groups in total. The Morgan fingerprint density at radius 3 is 2.57 bits per heavy atom. The molecule has 8 heteroatoms. The van der Waals surface area contributed by atoms with Crippen molar-refractivity contribution in [1.29, 1.82) is 0 Å². The third-order valence-corrected chi connectivity index (χ3v) is 3.95. The van der Waals surface area contributed by atoms with Gasteiger partial charge in [-0.3, -0.25) is 0 Å². The largest absolute Gasteiger partial charge is 0.399 e. The van der Waals surface area contributed by atoms with Crippen LogP contribution in [0.2, 0.25) is 10.0 Å². The molecule has 1 heterocycles. The smallest absolute Gasteiger partial charge is 0.188 e. The minimum Gasteiger partial charge on any atom is -0.399 e. The lowest BCUT2D eigenvalue weighted by Crippen LogP contribution is -2.01. The molecule has 0 spiro atoms. The Balaban J connectivity index is 2.17. The Bertz CT molecular complexity index is 752. The number of benzene rings is 2. The second kappa shape index (κ2) is 5.63. The van der Waals surface area contributed by atoms with E-state index in [0.717, 1.165) is 4.47 Å². The first-order valence-electron chi connectivity index (χ1n) is 5.85. The van der Waals surface area contributed by atoms with Gasteiger partial charge in [-0.1, -0.05) is 39.1 Å². The summed E-state index contributed by atoms with van der Waals surface area (Å²) >= 11 is 15.8. The van der Waals surface area contributed by atoms with Crippen molar-refractivity contribution in [2.45, 2.75) is 0 Å². The summed E-state index contributed by atoms with van der Waals surface area (Å²) in [5, 5.41) is 12.7. The summed E-state index contributed by atoms with van der Waals surface area (Å²) < 4.78 is 2.41. The first kappa shape index (κ1) is 14.3. The SMILES string of the molecule is Nc1ccc(-c2nnnn2-c2ccc(Br)cc2Cl)c(Cl)c1. The van der Waals surface area contributed by atoms with E-state index in [0.29, 0.717) is 32.8 Å². The van der Waals surface area contributed by atoms with Crippen molar-refractivity contribution < 1.29 is 0 Å². The number of nitrogens with two attached hydrogens (primary N) is 1. The normalized spacial score (nSPS) is 10.8. The predicted molar refractivity (Wildman–Crippen MR) is 86.7 cm³/mol. The number of hydrogen-bond acceptors (Lipinski definition) is 4. The predicted octanol–water partition coefficient (Wildman–Crippen LogP) is 3.98. The molecule has 0 fully saturated rings. The molecule has 0 amide bonds. The highest BCUT2D eigenvalue weighted by Gasteiger charge is 2.16. The van der Waals surface area contributed by atoms with E-state index < -0.39 is 0 Å². The molecule has 2 aromatic carbocycles. The minimum atomic E-state index is 0.472. The fourth-order valence-corrected chi connectivity index (χ4v) is 2.91. The Morgan fingerprint density at radius 1 is 1.05 bits per heavy atom. The fourth-order valence-electron chi connectivity index (χ4n) is 1.88. The second-order valence-electron chi connectivity index (χ2n) is 4.25. The molecular formula is C13H8BrCl2N5. The Labute approximate surface area is 138 Å². The maximum atomic E-state index is 6.25. The van der Waals surface area contributed by atoms with E-state index in [1.807, 2.05) is 12.1 Å². The van der Waals surface area contributed by atoms with E-state index in [2.05, 4.69) is 31.5 Å². The zero-order valence-electron chi connectivity index (χ0n) is 10.5. The highest BCUT2D eigenvalue weighted by atomic mass is 79.9. The van der Waals surface area contributed by atoms with Crippen LogP contribution < -0.4 is 5.73 Å². The summed E-state index contributed by atoms with van der Waals surface area (Å²) in [4.78, 5) is 0. The Morgan fingerprint density at radius 2 is 1.86 bits per heavy atom. The highest BCUT2D eigenvalue weighted by molar-refractivity contribution is 9.10. The molecule has 0 aliphatic carbocycles. The second-order valence-corrected chi connectivity index (χ2v) is 5.98. The van der Waals surface area contributed by atoms with Gasteiger partial charge in [0, 0.05) is 15.7 Å². The number of anilines is 1. The quantitative estimate of drug-likeness (QED) is 0.678. The van der Waals surface area contributed by atoms with Gasteiger partial charge >= 0.3 is 0 Å². The van der Waals surface area contributed by atoms with Gasteiger partial charge in [0.25, 0.3) is 0 Å². The molecule has 3 rings (SSSR count). The molecule has 0 bridgehead atoms. The van der Waals surface area contributed by atoms with Crippen LogP contribution in [0.3, 0.4) is 0 Å². The third-order valence-electron chi connectivity index (χ3n) is 2.84. The number of aromatic nitrogens is 4. The summed E-state index contributed by atoms with van der Waals surface area (Å²) in [7, 11) is 0. The highest BCUT2D eigenvalue weighted by Crippen LogP contribution is 2.31. The minimum absolute atomic E-state index is 0.472. The van der Waals surface area contributed by atoms with Gasteiger partial charge in [0.15, 0.2) is 5.82 Å². The lowest BCUT2D eigenvalue weighted by atomic mass is 10.2. The maximum absolute atomic E-state index is 6.25. The number of halogens is 3. The van der Waals surface area contributed by atoms with E-state index in [1.54, 1.807) is 24.3 Å². The van der Waals surface area contributed by atoms with Crippen molar-refractivity contribution in [3.8, 4) is 17.1 Å². The van der Waals surface area contributed by atoms with Gasteiger partial charge in [-0.25, -0.2) is 0 Å². The number of tetrazole rings is 1. The standard InChI is InChI=1S/C13H8BrCl2N5/c14-7-1-4-12(11(16)5-7)21-13(18-19-20-21)9-3-2-8(17)6-10(9)15/h1-6H,17H2. The fraction of sp³-hybridized carbons (Fsp3) is 0. The zero-order valence-corrected chi connectivity index (χ0v) is 13.6. The van der Waals surface area contributed by atoms with E-state index in [9.17, 15) is 0 Å². The van der Waals surface area contributed by atoms with E-state index in [-0.39, 0.29) is 0 Å². The number of nitrogens with zero attached hydrogens (tertiary/aromatic N) is 4. The van der Waals surface area contributed by atoms with Crippen molar-refractivity contribution in [2.75, 3.05) is 5.73 Å². The van der Waals surface area contributed by atoms with E-state index in [1.165, 1.54) is 4.68 Å². The molecule has 1 aromatic heterocycles. The van der Waals surface area contributed by atoms with Crippen LogP contribution in [0.5, 0.6) is 0 Å². The third kappa shape index (κ3) is 2.74. The molecule has 21 heavy (non-hydrogen) atoms. The molecular weight excluding hydrogens is 377 g/mol. The average molecular weight is 385 g/mol. The average Bonchev–Trinajstić information content (AvgIpc) is 2.87.